The summed E-state index contributed by atoms with van der Waals surface area (Å²) in [6, 6.07) is 8.30. The molecule has 0 atom stereocenters. The monoisotopic (exact) mass is 271 g/mol. The van der Waals surface area contributed by atoms with Crippen LogP contribution < -0.4 is 5.32 Å². The van der Waals surface area contributed by atoms with Gasteiger partial charge in [0.05, 0.1) is 6.54 Å². The molecule has 20 heavy (non-hydrogen) atoms. The molecule has 3 rings (SSSR count). The molecule has 4 nitrogen and oxygen atoms in total. The van der Waals surface area contributed by atoms with Gasteiger partial charge >= 0.3 is 0 Å². The molecule has 0 bridgehead atoms. The summed E-state index contributed by atoms with van der Waals surface area (Å²) >= 11 is 0. The van der Waals surface area contributed by atoms with Gasteiger partial charge in [-0.25, -0.2) is 0 Å². The number of nitrogens with one attached hydrogen (secondary N) is 1. The number of aromatic nitrogens is 2. The van der Waals surface area contributed by atoms with Crippen molar-refractivity contribution in [2.45, 2.75) is 51.5 Å². The van der Waals surface area contributed by atoms with E-state index in [2.05, 4.69) is 46.6 Å². The fraction of sp³-hybridized carbons (Fsp3) is 0.500. The molecule has 0 unspecified atom stereocenters. The smallest absolute Gasteiger partial charge is 0.245 e. The number of anilines is 1. The molecular formula is C16H21N3O. The summed E-state index contributed by atoms with van der Waals surface area (Å²) in [5.41, 5.74) is 2.33. The van der Waals surface area contributed by atoms with Crippen LogP contribution in [0.1, 0.15) is 55.3 Å². The summed E-state index contributed by atoms with van der Waals surface area (Å²) in [7, 11) is 0. The molecule has 1 heterocycles. The van der Waals surface area contributed by atoms with Crippen molar-refractivity contribution in [1.29, 1.82) is 0 Å². The van der Waals surface area contributed by atoms with Crippen molar-refractivity contribution >= 4 is 5.69 Å². The first-order valence-corrected chi connectivity index (χ1v) is 7.44. The third kappa shape index (κ3) is 3.18. The predicted molar refractivity (Wildman–Crippen MR) is 78.6 cm³/mol. The van der Waals surface area contributed by atoms with E-state index in [0.29, 0.717) is 18.4 Å². The Hall–Kier alpha value is -1.84. The SMILES string of the molecule is Cc1ccc(NCc2nc(C3CCCCC3)no2)cc1. The van der Waals surface area contributed by atoms with Gasteiger partial charge in [-0.1, -0.05) is 42.1 Å². The number of benzene rings is 1. The molecule has 1 aliphatic carbocycles. The molecule has 0 spiro atoms. The Morgan fingerprint density at radius 2 is 1.90 bits per heavy atom. The summed E-state index contributed by atoms with van der Waals surface area (Å²) in [6.07, 6.45) is 6.32. The molecule has 4 heteroatoms. The molecule has 0 aliphatic heterocycles. The first kappa shape index (κ1) is 13.2. The van der Waals surface area contributed by atoms with Crippen LogP contribution in [0.25, 0.3) is 0 Å². The lowest BCUT2D eigenvalue weighted by atomic mass is 9.89. The Morgan fingerprint density at radius 1 is 1.15 bits per heavy atom. The molecule has 0 saturated heterocycles. The summed E-state index contributed by atoms with van der Waals surface area (Å²) < 4.78 is 5.34. The van der Waals surface area contributed by atoms with Gasteiger partial charge < -0.3 is 9.84 Å². The highest BCUT2D eigenvalue weighted by Gasteiger charge is 2.20. The average molecular weight is 271 g/mol. The molecule has 0 amide bonds. The van der Waals surface area contributed by atoms with E-state index >= 15 is 0 Å². The van der Waals surface area contributed by atoms with Gasteiger partial charge in [-0.2, -0.15) is 4.98 Å². The zero-order valence-electron chi connectivity index (χ0n) is 11.9. The van der Waals surface area contributed by atoms with Crippen LogP contribution >= 0.6 is 0 Å². The first-order chi connectivity index (χ1) is 9.81. The quantitative estimate of drug-likeness (QED) is 0.911. The van der Waals surface area contributed by atoms with Crippen molar-refractivity contribution in [3.8, 4) is 0 Å². The average Bonchev–Trinajstić information content (AvgIpc) is 2.97. The third-order valence-corrected chi connectivity index (χ3v) is 3.95. The molecule has 1 saturated carbocycles. The Balaban J connectivity index is 1.58. The molecule has 1 N–H and O–H groups in total. The van der Waals surface area contributed by atoms with E-state index in [1.54, 1.807) is 0 Å². The van der Waals surface area contributed by atoms with Crippen LogP contribution in [-0.2, 0) is 6.54 Å². The molecule has 2 aromatic rings. The lowest BCUT2D eigenvalue weighted by molar-refractivity contribution is 0.361. The van der Waals surface area contributed by atoms with Crippen molar-refractivity contribution < 1.29 is 4.52 Å². The molecule has 1 aromatic heterocycles. The van der Waals surface area contributed by atoms with Crippen molar-refractivity contribution in [3.63, 3.8) is 0 Å². The zero-order valence-corrected chi connectivity index (χ0v) is 11.9. The van der Waals surface area contributed by atoms with Crippen LogP contribution in [0.3, 0.4) is 0 Å². The van der Waals surface area contributed by atoms with Gasteiger partial charge in [-0.05, 0) is 31.9 Å². The van der Waals surface area contributed by atoms with Gasteiger partial charge in [0, 0.05) is 11.6 Å². The van der Waals surface area contributed by atoms with Crippen LogP contribution in [0.2, 0.25) is 0 Å². The summed E-state index contributed by atoms with van der Waals surface area (Å²) in [5.74, 6) is 2.07. The van der Waals surface area contributed by atoms with Crippen LogP contribution in [0.4, 0.5) is 5.69 Å². The van der Waals surface area contributed by atoms with E-state index in [4.69, 9.17) is 4.52 Å². The molecule has 1 fully saturated rings. The summed E-state index contributed by atoms with van der Waals surface area (Å²) in [4.78, 5) is 4.53. The molecule has 106 valence electrons. The summed E-state index contributed by atoms with van der Waals surface area (Å²) in [6.45, 7) is 2.67. The second-order valence-corrected chi connectivity index (χ2v) is 5.60. The zero-order chi connectivity index (χ0) is 13.8. The standard InChI is InChI=1S/C16H21N3O/c1-12-7-9-14(10-8-12)17-11-15-18-16(19-20-15)13-5-3-2-4-6-13/h7-10,13,17H,2-6,11H2,1H3. The maximum atomic E-state index is 5.34. The Labute approximate surface area is 119 Å². The highest BCUT2D eigenvalue weighted by Crippen LogP contribution is 2.30. The molecule has 0 radical (unpaired) electrons. The van der Waals surface area contributed by atoms with E-state index in [9.17, 15) is 0 Å². The van der Waals surface area contributed by atoms with E-state index in [-0.39, 0.29) is 0 Å². The topological polar surface area (TPSA) is 51.0 Å². The fourth-order valence-corrected chi connectivity index (χ4v) is 2.72. The largest absolute Gasteiger partial charge is 0.376 e. The Bertz CT molecular complexity index is 541. The number of aryl methyl sites for hydroxylation is 1. The second kappa shape index (κ2) is 6.07. The number of hydrogen-bond acceptors (Lipinski definition) is 4. The highest BCUT2D eigenvalue weighted by molar-refractivity contribution is 5.44. The van der Waals surface area contributed by atoms with Crippen LogP contribution in [0.5, 0.6) is 0 Å². The van der Waals surface area contributed by atoms with Gasteiger partial charge in [0.25, 0.3) is 0 Å². The van der Waals surface area contributed by atoms with Gasteiger partial charge in [0.2, 0.25) is 5.89 Å². The van der Waals surface area contributed by atoms with Gasteiger partial charge in [0.15, 0.2) is 5.82 Å². The lowest BCUT2D eigenvalue weighted by Crippen LogP contribution is -2.06. The van der Waals surface area contributed by atoms with Crippen molar-refractivity contribution in [2.24, 2.45) is 0 Å². The number of nitrogens with zero attached hydrogens (tertiary/aromatic N) is 2. The minimum Gasteiger partial charge on any atom is -0.376 e. The third-order valence-electron chi connectivity index (χ3n) is 3.95. The molecule has 1 aromatic carbocycles. The van der Waals surface area contributed by atoms with Gasteiger partial charge in [-0.15, -0.1) is 0 Å². The molecular weight excluding hydrogens is 250 g/mol. The van der Waals surface area contributed by atoms with Gasteiger partial charge in [-0.3, -0.25) is 0 Å². The van der Waals surface area contributed by atoms with E-state index in [1.165, 1.54) is 37.7 Å². The Kier molecular flexibility index (Phi) is 4.00. The fourth-order valence-electron chi connectivity index (χ4n) is 2.72. The molecule has 1 aliphatic rings. The van der Waals surface area contributed by atoms with Crippen LogP contribution in [0.15, 0.2) is 28.8 Å². The maximum absolute atomic E-state index is 5.34. The lowest BCUT2D eigenvalue weighted by Gasteiger charge is -2.17. The van der Waals surface area contributed by atoms with Crippen molar-refractivity contribution in [1.82, 2.24) is 10.1 Å². The number of hydrogen-bond donors (Lipinski definition) is 1. The second-order valence-electron chi connectivity index (χ2n) is 5.60. The maximum Gasteiger partial charge on any atom is 0.245 e. The summed E-state index contributed by atoms with van der Waals surface area (Å²) in [5, 5.41) is 7.45. The Morgan fingerprint density at radius 3 is 2.65 bits per heavy atom. The van der Waals surface area contributed by atoms with Gasteiger partial charge in [0.1, 0.15) is 0 Å². The van der Waals surface area contributed by atoms with Crippen molar-refractivity contribution in [3.05, 3.63) is 41.5 Å². The van der Waals surface area contributed by atoms with Crippen LogP contribution in [-0.4, -0.2) is 10.1 Å². The minimum atomic E-state index is 0.501. The number of rotatable bonds is 4. The van der Waals surface area contributed by atoms with Crippen LogP contribution in [0, 0.1) is 6.92 Å². The van der Waals surface area contributed by atoms with E-state index in [0.717, 1.165) is 11.5 Å². The normalized spacial score (nSPS) is 16.2. The van der Waals surface area contributed by atoms with Crippen molar-refractivity contribution in [2.75, 3.05) is 5.32 Å². The highest BCUT2D eigenvalue weighted by atomic mass is 16.5. The van der Waals surface area contributed by atoms with E-state index < -0.39 is 0 Å². The minimum absolute atomic E-state index is 0.501. The predicted octanol–water partition coefficient (Wildman–Crippen LogP) is 4.04. The first-order valence-electron chi connectivity index (χ1n) is 7.44. The van der Waals surface area contributed by atoms with E-state index in [1.807, 2.05) is 0 Å².